The third-order valence-corrected chi connectivity index (χ3v) is 5.03. The van der Waals surface area contributed by atoms with Crippen molar-refractivity contribution in [2.75, 3.05) is 13.1 Å². The van der Waals surface area contributed by atoms with Gasteiger partial charge in [0.05, 0.1) is 11.9 Å². The van der Waals surface area contributed by atoms with Gasteiger partial charge in [0.2, 0.25) is 0 Å². The van der Waals surface area contributed by atoms with Crippen LogP contribution in [0.4, 0.5) is 0 Å². The Morgan fingerprint density at radius 3 is 2.42 bits per heavy atom. The molecule has 0 radical (unpaired) electrons. The van der Waals surface area contributed by atoms with Gasteiger partial charge in [-0.2, -0.15) is 0 Å². The van der Waals surface area contributed by atoms with Gasteiger partial charge in [0, 0.05) is 6.54 Å². The molecule has 19 heavy (non-hydrogen) atoms. The van der Waals surface area contributed by atoms with Gasteiger partial charge in [-0.05, 0) is 56.3 Å². The Morgan fingerprint density at radius 2 is 1.79 bits per heavy atom. The van der Waals surface area contributed by atoms with Gasteiger partial charge in [0.25, 0.3) is 0 Å². The highest BCUT2D eigenvalue weighted by molar-refractivity contribution is 5.17. The van der Waals surface area contributed by atoms with Crippen LogP contribution in [0, 0.1) is 5.41 Å². The molecule has 1 saturated heterocycles. The number of likely N-dealkylation sites (tertiary alicyclic amines) is 1. The van der Waals surface area contributed by atoms with E-state index < -0.39 is 0 Å². The highest BCUT2D eigenvalue weighted by Crippen LogP contribution is 2.44. The summed E-state index contributed by atoms with van der Waals surface area (Å²) in [4.78, 5) is 6.80. The lowest BCUT2D eigenvalue weighted by Gasteiger charge is -2.44. The summed E-state index contributed by atoms with van der Waals surface area (Å²) in [6.45, 7) is 3.35. The smallest absolute Gasteiger partial charge is 0.133 e. The molecule has 0 aromatic carbocycles. The first-order valence-corrected chi connectivity index (χ1v) is 7.62. The molecule has 1 N–H and O–H groups in total. The zero-order valence-corrected chi connectivity index (χ0v) is 11.6. The molecule has 2 aliphatic rings. The minimum absolute atomic E-state index is 0.253. The van der Waals surface area contributed by atoms with Crippen molar-refractivity contribution < 1.29 is 5.11 Å². The maximum Gasteiger partial charge on any atom is 0.133 e. The van der Waals surface area contributed by atoms with E-state index in [0.29, 0.717) is 5.41 Å². The van der Waals surface area contributed by atoms with Crippen LogP contribution in [0.2, 0.25) is 0 Å². The molecule has 104 valence electrons. The van der Waals surface area contributed by atoms with E-state index in [-0.39, 0.29) is 5.75 Å². The maximum absolute atomic E-state index is 9.25. The van der Waals surface area contributed by atoms with Crippen molar-refractivity contribution in [2.45, 2.75) is 51.5 Å². The number of hydrogen-bond acceptors (Lipinski definition) is 3. The number of pyridine rings is 1. The molecule has 0 atom stereocenters. The quantitative estimate of drug-likeness (QED) is 0.886. The second-order valence-electron chi connectivity index (χ2n) is 6.34. The predicted molar refractivity (Wildman–Crippen MR) is 75.9 cm³/mol. The first-order chi connectivity index (χ1) is 9.26. The van der Waals surface area contributed by atoms with E-state index in [2.05, 4.69) is 9.88 Å². The minimum Gasteiger partial charge on any atom is -0.506 e. The van der Waals surface area contributed by atoms with Crippen LogP contribution in [0.15, 0.2) is 18.3 Å². The zero-order chi connectivity index (χ0) is 13.1. The first-order valence-electron chi connectivity index (χ1n) is 7.62. The summed E-state index contributed by atoms with van der Waals surface area (Å²) in [5.41, 5.74) is 1.74. The Hall–Kier alpha value is -1.09. The summed E-state index contributed by atoms with van der Waals surface area (Å²) < 4.78 is 0. The number of piperidine rings is 1. The van der Waals surface area contributed by atoms with Gasteiger partial charge in [-0.15, -0.1) is 0 Å². The highest BCUT2D eigenvalue weighted by atomic mass is 16.3. The topological polar surface area (TPSA) is 36.4 Å². The molecule has 1 aromatic heterocycles. The fourth-order valence-corrected chi connectivity index (χ4v) is 3.73. The summed E-state index contributed by atoms with van der Waals surface area (Å²) in [6.07, 6.45) is 11.5. The van der Waals surface area contributed by atoms with Gasteiger partial charge in [-0.1, -0.05) is 19.3 Å². The second-order valence-corrected chi connectivity index (χ2v) is 6.34. The van der Waals surface area contributed by atoms with Gasteiger partial charge in [0.1, 0.15) is 5.75 Å². The van der Waals surface area contributed by atoms with Crippen molar-refractivity contribution in [1.29, 1.82) is 0 Å². The van der Waals surface area contributed by atoms with Crippen LogP contribution >= 0.6 is 0 Å². The zero-order valence-electron chi connectivity index (χ0n) is 11.6. The molecule has 2 heterocycles. The van der Waals surface area contributed by atoms with Crippen molar-refractivity contribution in [3.05, 3.63) is 24.0 Å². The second kappa shape index (κ2) is 5.49. The SMILES string of the molecule is Oc1ccc(CN2CCC3(CCCCC3)CC2)nc1. The van der Waals surface area contributed by atoms with Crippen molar-refractivity contribution in [3.8, 4) is 5.75 Å². The van der Waals surface area contributed by atoms with Gasteiger partial charge in [-0.25, -0.2) is 0 Å². The maximum atomic E-state index is 9.25. The third kappa shape index (κ3) is 3.08. The monoisotopic (exact) mass is 260 g/mol. The van der Waals surface area contributed by atoms with Crippen molar-refractivity contribution >= 4 is 0 Å². The Bertz CT molecular complexity index is 399. The third-order valence-electron chi connectivity index (χ3n) is 5.03. The van der Waals surface area contributed by atoms with E-state index in [4.69, 9.17) is 0 Å². The number of hydrogen-bond donors (Lipinski definition) is 1. The molecular formula is C16H24N2O. The van der Waals surface area contributed by atoms with Crippen molar-refractivity contribution in [2.24, 2.45) is 5.41 Å². The van der Waals surface area contributed by atoms with Crippen LogP contribution in [-0.4, -0.2) is 28.1 Å². The molecule has 2 fully saturated rings. The van der Waals surface area contributed by atoms with Crippen molar-refractivity contribution in [1.82, 2.24) is 9.88 Å². The minimum atomic E-state index is 0.253. The number of aromatic nitrogens is 1. The molecule has 0 unspecified atom stereocenters. The molecule has 1 aromatic rings. The lowest BCUT2D eigenvalue weighted by molar-refractivity contribution is 0.0635. The highest BCUT2D eigenvalue weighted by Gasteiger charge is 2.35. The normalized spacial score (nSPS) is 23.6. The lowest BCUT2D eigenvalue weighted by Crippen LogP contribution is -2.40. The van der Waals surface area contributed by atoms with Crippen LogP contribution in [0.5, 0.6) is 5.75 Å². The van der Waals surface area contributed by atoms with E-state index in [1.54, 1.807) is 12.3 Å². The summed E-state index contributed by atoms with van der Waals surface area (Å²) in [6, 6.07) is 3.66. The Balaban J connectivity index is 1.54. The molecule has 0 amide bonds. The van der Waals surface area contributed by atoms with E-state index in [0.717, 1.165) is 12.2 Å². The summed E-state index contributed by atoms with van der Waals surface area (Å²) in [7, 11) is 0. The fraction of sp³-hybridized carbons (Fsp3) is 0.688. The first kappa shape index (κ1) is 12.9. The number of rotatable bonds is 2. The largest absolute Gasteiger partial charge is 0.506 e. The van der Waals surface area contributed by atoms with Crippen molar-refractivity contribution in [3.63, 3.8) is 0 Å². The molecular weight excluding hydrogens is 236 g/mol. The molecule has 3 rings (SSSR count). The van der Waals surface area contributed by atoms with E-state index >= 15 is 0 Å². The van der Waals surface area contributed by atoms with Crippen LogP contribution in [0.25, 0.3) is 0 Å². The molecule has 0 bridgehead atoms. The molecule has 1 aliphatic heterocycles. The standard InChI is InChI=1S/C16H24N2O/c19-15-5-4-14(17-12-15)13-18-10-8-16(9-11-18)6-2-1-3-7-16/h4-5,12,19H,1-3,6-11,13H2. The van der Waals surface area contributed by atoms with Crippen LogP contribution in [0.1, 0.15) is 50.6 Å². The van der Waals surface area contributed by atoms with E-state index in [1.165, 1.54) is 58.0 Å². The van der Waals surface area contributed by atoms with Gasteiger partial charge in [-0.3, -0.25) is 9.88 Å². The summed E-state index contributed by atoms with van der Waals surface area (Å²) >= 11 is 0. The van der Waals surface area contributed by atoms with Gasteiger partial charge < -0.3 is 5.11 Å². The van der Waals surface area contributed by atoms with Crippen LogP contribution < -0.4 is 0 Å². The fourth-order valence-electron chi connectivity index (χ4n) is 3.73. The molecule has 3 heteroatoms. The summed E-state index contributed by atoms with van der Waals surface area (Å²) in [5, 5.41) is 9.25. The van der Waals surface area contributed by atoms with Crippen LogP contribution in [-0.2, 0) is 6.54 Å². The predicted octanol–water partition coefficient (Wildman–Crippen LogP) is 3.33. The lowest BCUT2D eigenvalue weighted by atomic mass is 9.68. The van der Waals surface area contributed by atoms with E-state index in [1.807, 2.05) is 6.07 Å². The molecule has 1 spiro atoms. The number of aromatic hydroxyl groups is 1. The summed E-state index contributed by atoms with van der Waals surface area (Å²) in [5.74, 6) is 0.253. The van der Waals surface area contributed by atoms with Gasteiger partial charge in [0.15, 0.2) is 0 Å². The molecule has 1 saturated carbocycles. The Kier molecular flexibility index (Phi) is 3.74. The number of nitrogens with zero attached hydrogens (tertiary/aromatic N) is 2. The van der Waals surface area contributed by atoms with Crippen LogP contribution in [0.3, 0.4) is 0 Å². The van der Waals surface area contributed by atoms with E-state index in [9.17, 15) is 5.11 Å². The Morgan fingerprint density at radius 1 is 1.05 bits per heavy atom. The average Bonchev–Trinajstić information content (AvgIpc) is 2.45. The molecule has 1 aliphatic carbocycles. The Labute approximate surface area is 115 Å². The molecule has 3 nitrogen and oxygen atoms in total. The van der Waals surface area contributed by atoms with Gasteiger partial charge >= 0.3 is 0 Å². The average molecular weight is 260 g/mol.